The van der Waals surface area contributed by atoms with Crippen LogP contribution < -0.4 is 0 Å². The van der Waals surface area contributed by atoms with Crippen molar-refractivity contribution in [1.82, 2.24) is 8.61 Å². The smallest absolute Gasteiger partial charge is 0.195 e. The molecule has 0 aromatic heterocycles. The maximum atomic E-state index is 12.4. The standard InChI is InChI=1S/C11H22N2O2S/c1-11(2,3)13-8-4-7-12(16(13,14)15)9-10-5-6-10/h10H,4-9H2,1-3H3. The van der Waals surface area contributed by atoms with Gasteiger partial charge in [0.05, 0.1) is 0 Å². The SMILES string of the molecule is CC(C)(C)N1CCCN(CC2CC2)S1(=O)=O. The fourth-order valence-corrected chi connectivity index (χ4v) is 4.31. The van der Waals surface area contributed by atoms with Crippen molar-refractivity contribution >= 4 is 10.2 Å². The Morgan fingerprint density at radius 3 is 2.31 bits per heavy atom. The Balaban J connectivity index is 2.16. The highest BCUT2D eigenvalue weighted by Crippen LogP contribution is 2.33. The normalized spacial score (nSPS) is 28.2. The number of hydrogen-bond donors (Lipinski definition) is 0. The summed E-state index contributed by atoms with van der Waals surface area (Å²) in [5.41, 5.74) is -0.305. The van der Waals surface area contributed by atoms with Crippen LogP contribution in [0.2, 0.25) is 0 Å². The van der Waals surface area contributed by atoms with Gasteiger partial charge in [-0.15, -0.1) is 0 Å². The zero-order valence-electron chi connectivity index (χ0n) is 10.4. The van der Waals surface area contributed by atoms with Crippen LogP contribution in [-0.2, 0) is 10.2 Å². The maximum absolute atomic E-state index is 12.4. The monoisotopic (exact) mass is 246 g/mol. The first-order chi connectivity index (χ1) is 7.32. The fourth-order valence-electron chi connectivity index (χ4n) is 2.22. The summed E-state index contributed by atoms with van der Waals surface area (Å²) in [4.78, 5) is 0. The highest BCUT2D eigenvalue weighted by Gasteiger charge is 2.41. The molecule has 16 heavy (non-hydrogen) atoms. The zero-order valence-corrected chi connectivity index (χ0v) is 11.3. The molecule has 0 bridgehead atoms. The highest BCUT2D eigenvalue weighted by atomic mass is 32.2. The molecule has 0 spiro atoms. The molecule has 0 aromatic carbocycles. The van der Waals surface area contributed by atoms with E-state index >= 15 is 0 Å². The van der Waals surface area contributed by atoms with Crippen molar-refractivity contribution in [3.63, 3.8) is 0 Å². The maximum Gasteiger partial charge on any atom is 0.282 e. The molecule has 1 heterocycles. The quantitative estimate of drug-likeness (QED) is 0.740. The summed E-state index contributed by atoms with van der Waals surface area (Å²) in [5.74, 6) is 0.620. The lowest BCUT2D eigenvalue weighted by Crippen LogP contribution is -2.56. The van der Waals surface area contributed by atoms with Gasteiger partial charge in [0.1, 0.15) is 0 Å². The van der Waals surface area contributed by atoms with E-state index in [-0.39, 0.29) is 5.54 Å². The number of nitrogens with zero attached hydrogens (tertiary/aromatic N) is 2. The van der Waals surface area contributed by atoms with Gasteiger partial charge in [-0.05, 0) is 46.0 Å². The molecule has 1 aliphatic heterocycles. The molecule has 5 heteroatoms. The van der Waals surface area contributed by atoms with Crippen molar-refractivity contribution < 1.29 is 8.42 Å². The predicted octanol–water partition coefficient (Wildman–Crippen LogP) is 1.45. The summed E-state index contributed by atoms with van der Waals surface area (Å²) in [7, 11) is -3.21. The average molecular weight is 246 g/mol. The van der Waals surface area contributed by atoms with Gasteiger partial charge in [0.15, 0.2) is 0 Å². The van der Waals surface area contributed by atoms with Gasteiger partial charge in [-0.3, -0.25) is 0 Å². The first-order valence-electron chi connectivity index (χ1n) is 6.10. The molecule has 1 saturated heterocycles. The van der Waals surface area contributed by atoms with E-state index in [0.717, 1.165) is 13.0 Å². The molecule has 0 unspecified atom stereocenters. The van der Waals surface area contributed by atoms with Crippen molar-refractivity contribution in [1.29, 1.82) is 0 Å². The molecule has 0 atom stereocenters. The van der Waals surface area contributed by atoms with Gasteiger partial charge >= 0.3 is 0 Å². The Bertz CT molecular complexity index is 355. The van der Waals surface area contributed by atoms with E-state index in [9.17, 15) is 8.42 Å². The third-order valence-corrected chi connectivity index (χ3v) is 5.55. The molecular weight excluding hydrogens is 224 g/mol. The molecule has 0 radical (unpaired) electrons. The topological polar surface area (TPSA) is 40.6 Å². The number of rotatable bonds is 2. The van der Waals surface area contributed by atoms with Gasteiger partial charge in [0.25, 0.3) is 10.2 Å². The molecular formula is C11H22N2O2S. The van der Waals surface area contributed by atoms with Crippen molar-refractivity contribution in [2.75, 3.05) is 19.6 Å². The third kappa shape index (κ3) is 2.41. The van der Waals surface area contributed by atoms with Gasteiger partial charge < -0.3 is 0 Å². The first kappa shape index (κ1) is 12.3. The summed E-state index contributed by atoms with van der Waals surface area (Å²) in [6.07, 6.45) is 3.34. The second-order valence-corrected chi connectivity index (χ2v) is 7.76. The lowest BCUT2D eigenvalue weighted by molar-refractivity contribution is 0.192. The Hall–Kier alpha value is -0.130. The molecule has 94 valence electrons. The minimum Gasteiger partial charge on any atom is -0.195 e. The van der Waals surface area contributed by atoms with E-state index in [1.807, 2.05) is 20.8 Å². The van der Waals surface area contributed by atoms with Gasteiger partial charge in [-0.2, -0.15) is 17.0 Å². The molecule has 2 aliphatic rings. The average Bonchev–Trinajstić information content (AvgIpc) is 2.89. The summed E-state index contributed by atoms with van der Waals surface area (Å²) < 4.78 is 28.1. The van der Waals surface area contributed by atoms with Crippen LogP contribution in [0, 0.1) is 5.92 Å². The van der Waals surface area contributed by atoms with Crippen LogP contribution in [0.3, 0.4) is 0 Å². The van der Waals surface area contributed by atoms with Gasteiger partial charge in [0, 0.05) is 25.2 Å². The first-order valence-corrected chi connectivity index (χ1v) is 7.49. The van der Waals surface area contributed by atoms with Gasteiger partial charge in [-0.25, -0.2) is 0 Å². The van der Waals surface area contributed by atoms with Gasteiger partial charge in [-0.1, -0.05) is 0 Å². The lowest BCUT2D eigenvalue weighted by atomic mass is 10.1. The molecule has 4 nitrogen and oxygen atoms in total. The minimum atomic E-state index is -3.21. The largest absolute Gasteiger partial charge is 0.282 e. The molecule has 0 aromatic rings. The van der Waals surface area contributed by atoms with Crippen LogP contribution in [0.15, 0.2) is 0 Å². The summed E-state index contributed by atoms with van der Waals surface area (Å²) in [6, 6.07) is 0. The van der Waals surface area contributed by atoms with E-state index < -0.39 is 10.2 Å². The molecule has 2 rings (SSSR count). The highest BCUT2D eigenvalue weighted by molar-refractivity contribution is 7.86. The van der Waals surface area contributed by atoms with Crippen molar-refractivity contribution in [2.45, 2.75) is 45.6 Å². The number of hydrogen-bond acceptors (Lipinski definition) is 2. The van der Waals surface area contributed by atoms with Crippen LogP contribution in [-0.4, -0.2) is 42.2 Å². The molecule has 1 aliphatic carbocycles. The molecule has 0 N–H and O–H groups in total. The Morgan fingerprint density at radius 1 is 1.19 bits per heavy atom. The Morgan fingerprint density at radius 2 is 1.81 bits per heavy atom. The molecule has 0 amide bonds. The van der Waals surface area contributed by atoms with Crippen LogP contribution in [0.5, 0.6) is 0 Å². The van der Waals surface area contributed by atoms with Crippen molar-refractivity contribution in [3.05, 3.63) is 0 Å². The lowest BCUT2D eigenvalue weighted by Gasteiger charge is -2.41. The van der Waals surface area contributed by atoms with E-state index in [1.54, 1.807) is 8.61 Å². The second-order valence-electron chi connectivity index (χ2n) is 5.91. The third-order valence-electron chi connectivity index (χ3n) is 3.28. The summed E-state index contributed by atoms with van der Waals surface area (Å²) in [5, 5.41) is 0. The summed E-state index contributed by atoms with van der Waals surface area (Å²) >= 11 is 0. The predicted molar refractivity (Wildman–Crippen MR) is 64.3 cm³/mol. The van der Waals surface area contributed by atoms with Crippen LogP contribution in [0.1, 0.15) is 40.0 Å². The zero-order chi connectivity index (χ0) is 12.0. The fraction of sp³-hybridized carbons (Fsp3) is 1.00. The van der Waals surface area contributed by atoms with Crippen molar-refractivity contribution in [3.8, 4) is 0 Å². The van der Waals surface area contributed by atoms with E-state index in [4.69, 9.17) is 0 Å². The van der Waals surface area contributed by atoms with E-state index in [0.29, 0.717) is 19.0 Å². The van der Waals surface area contributed by atoms with Crippen molar-refractivity contribution in [2.24, 2.45) is 5.92 Å². The van der Waals surface area contributed by atoms with E-state index in [2.05, 4.69) is 0 Å². The molecule has 2 fully saturated rings. The Kier molecular flexibility index (Phi) is 3.05. The Labute approximate surface area is 98.8 Å². The van der Waals surface area contributed by atoms with Crippen LogP contribution in [0.4, 0.5) is 0 Å². The summed E-state index contributed by atoms with van der Waals surface area (Å²) in [6.45, 7) is 7.98. The van der Waals surface area contributed by atoms with Gasteiger partial charge in [0.2, 0.25) is 0 Å². The molecule has 1 saturated carbocycles. The minimum absolute atomic E-state index is 0.305. The van der Waals surface area contributed by atoms with Crippen LogP contribution >= 0.6 is 0 Å². The van der Waals surface area contributed by atoms with Crippen LogP contribution in [0.25, 0.3) is 0 Å². The van der Waals surface area contributed by atoms with E-state index in [1.165, 1.54) is 12.8 Å². The second kappa shape index (κ2) is 3.96.